The third kappa shape index (κ3) is 2.38. The summed E-state index contributed by atoms with van der Waals surface area (Å²) in [6, 6.07) is 7.25. The van der Waals surface area contributed by atoms with Crippen LogP contribution in [-0.2, 0) is 4.79 Å². The van der Waals surface area contributed by atoms with Crippen molar-refractivity contribution in [1.82, 2.24) is 9.80 Å². The van der Waals surface area contributed by atoms with Crippen LogP contribution < -0.4 is 0 Å². The predicted molar refractivity (Wildman–Crippen MR) is 81.2 cm³/mol. The first-order valence-electron chi connectivity index (χ1n) is 6.32. The van der Waals surface area contributed by atoms with Crippen molar-refractivity contribution in [3.63, 3.8) is 0 Å². The van der Waals surface area contributed by atoms with Crippen molar-refractivity contribution in [2.24, 2.45) is 0 Å². The smallest absolute Gasteiger partial charge is 0.316 e. The van der Waals surface area contributed by atoms with E-state index in [1.165, 1.54) is 4.90 Å². The zero-order valence-corrected chi connectivity index (χ0v) is 13.6. The number of rotatable bonds is 2. The fourth-order valence-corrected chi connectivity index (χ4v) is 2.81. The number of allylic oxidation sites excluding steroid dienone is 1. The van der Waals surface area contributed by atoms with Gasteiger partial charge in [0.1, 0.15) is 0 Å². The van der Waals surface area contributed by atoms with Crippen LogP contribution in [0.3, 0.4) is 0 Å². The van der Waals surface area contributed by atoms with Crippen molar-refractivity contribution in [3.05, 3.63) is 45.6 Å². The number of Topliss-reactive ketones (excluding diaryl/α,β-unsaturated/α-hetero) is 1. The Morgan fingerprint density at radius 1 is 1.20 bits per heavy atom. The summed E-state index contributed by atoms with van der Waals surface area (Å²) in [5.41, 5.74) is 2.31. The van der Waals surface area contributed by atoms with E-state index in [4.69, 9.17) is 0 Å². The molecule has 0 radical (unpaired) electrons. The number of halogens is 1. The topological polar surface area (TPSA) is 40.6 Å². The number of hydrogen-bond donors (Lipinski definition) is 0. The molecule has 1 unspecified atom stereocenters. The molecule has 1 aromatic carbocycles. The van der Waals surface area contributed by atoms with Crippen LogP contribution in [0.1, 0.15) is 25.5 Å². The Morgan fingerprint density at radius 3 is 2.25 bits per heavy atom. The SMILES string of the molecule is CC(=O)C1=C(C)N(C)C(=O)N(C)C1c1ccc(Br)cc1. The minimum absolute atomic E-state index is 0.0124. The molecule has 20 heavy (non-hydrogen) atoms. The average Bonchev–Trinajstić information content (AvgIpc) is 2.41. The van der Waals surface area contributed by atoms with Crippen LogP contribution in [0.5, 0.6) is 0 Å². The molecule has 5 heteroatoms. The van der Waals surface area contributed by atoms with Crippen LogP contribution in [0.25, 0.3) is 0 Å². The molecule has 0 saturated heterocycles. The number of ketones is 1. The number of likely N-dealkylation sites (N-methyl/N-ethyl adjacent to an activating group) is 1. The molecule has 4 nitrogen and oxygen atoms in total. The summed E-state index contributed by atoms with van der Waals surface area (Å²) in [6.45, 7) is 3.36. The molecule has 1 aliphatic rings. The molecular weight excluding hydrogens is 320 g/mol. The highest BCUT2D eigenvalue weighted by atomic mass is 79.9. The van der Waals surface area contributed by atoms with E-state index in [9.17, 15) is 9.59 Å². The van der Waals surface area contributed by atoms with Crippen molar-refractivity contribution in [2.75, 3.05) is 14.1 Å². The molecule has 0 aromatic heterocycles. The Kier molecular flexibility index (Phi) is 3.99. The first-order valence-corrected chi connectivity index (χ1v) is 7.11. The van der Waals surface area contributed by atoms with Gasteiger partial charge in [-0.1, -0.05) is 28.1 Å². The van der Waals surface area contributed by atoms with E-state index in [2.05, 4.69) is 15.9 Å². The molecule has 1 heterocycles. The van der Waals surface area contributed by atoms with Gasteiger partial charge in [-0.25, -0.2) is 4.79 Å². The van der Waals surface area contributed by atoms with Gasteiger partial charge in [0.25, 0.3) is 0 Å². The lowest BCUT2D eigenvalue weighted by Crippen LogP contribution is -2.46. The number of carbonyl (C=O) groups excluding carboxylic acids is 2. The molecule has 0 aliphatic carbocycles. The monoisotopic (exact) mass is 336 g/mol. The Balaban J connectivity index is 2.60. The third-order valence-corrected chi connectivity index (χ3v) is 4.24. The van der Waals surface area contributed by atoms with E-state index >= 15 is 0 Å². The van der Waals surface area contributed by atoms with Gasteiger partial charge in [0.2, 0.25) is 0 Å². The highest BCUT2D eigenvalue weighted by Crippen LogP contribution is 2.36. The zero-order chi connectivity index (χ0) is 15.0. The zero-order valence-electron chi connectivity index (χ0n) is 12.0. The minimum Gasteiger partial charge on any atom is -0.316 e. The number of carbonyl (C=O) groups is 2. The van der Waals surface area contributed by atoms with Crippen molar-refractivity contribution >= 4 is 27.7 Å². The predicted octanol–water partition coefficient (Wildman–Crippen LogP) is 3.35. The molecule has 0 fully saturated rings. The number of amides is 2. The molecule has 1 aromatic rings. The van der Waals surface area contributed by atoms with E-state index in [-0.39, 0.29) is 17.9 Å². The number of urea groups is 1. The van der Waals surface area contributed by atoms with Gasteiger partial charge in [-0.05, 0) is 31.5 Å². The fraction of sp³-hybridized carbons (Fsp3) is 0.333. The molecule has 0 N–H and O–H groups in total. The largest absolute Gasteiger partial charge is 0.324 e. The summed E-state index contributed by atoms with van der Waals surface area (Å²) < 4.78 is 0.966. The van der Waals surface area contributed by atoms with Crippen LogP contribution in [0.4, 0.5) is 4.79 Å². The molecule has 1 aliphatic heterocycles. The lowest BCUT2D eigenvalue weighted by Gasteiger charge is -2.39. The third-order valence-electron chi connectivity index (χ3n) is 3.71. The lowest BCUT2D eigenvalue weighted by atomic mass is 9.91. The van der Waals surface area contributed by atoms with Crippen LogP contribution >= 0.6 is 15.9 Å². The first-order chi connectivity index (χ1) is 9.34. The summed E-state index contributed by atoms with van der Waals surface area (Å²) in [5, 5.41) is 0. The highest BCUT2D eigenvalue weighted by Gasteiger charge is 2.36. The normalized spacial score (nSPS) is 19.6. The molecule has 106 valence electrons. The summed E-state index contributed by atoms with van der Waals surface area (Å²) in [4.78, 5) is 27.4. The summed E-state index contributed by atoms with van der Waals surface area (Å²) in [7, 11) is 3.41. The summed E-state index contributed by atoms with van der Waals surface area (Å²) >= 11 is 3.39. The van der Waals surface area contributed by atoms with E-state index in [0.29, 0.717) is 11.3 Å². The number of hydrogen-bond acceptors (Lipinski definition) is 2. The standard InChI is InChI=1S/C15H17BrN2O2/c1-9-13(10(2)19)14(18(4)15(20)17(9)3)11-5-7-12(16)8-6-11/h5-8,14H,1-4H3. The molecule has 0 spiro atoms. The Morgan fingerprint density at radius 2 is 1.75 bits per heavy atom. The van der Waals surface area contributed by atoms with Gasteiger partial charge in [-0.3, -0.25) is 4.79 Å². The average molecular weight is 337 g/mol. The van der Waals surface area contributed by atoms with Crippen molar-refractivity contribution in [3.8, 4) is 0 Å². The van der Waals surface area contributed by atoms with Gasteiger partial charge in [-0.2, -0.15) is 0 Å². The van der Waals surface area contributed by atoms with E-state index in [1.54, 1.807) is 25.9 Å². The van der Waals surface area contributed by atoms with E-state index in [0.717, 1.165) is 10.0 Å². The second-order valence-corrected chi connectivity index (χ2v) is 5.88. The maximum absolute atomic E-state index is 12.3. The van der Waals surface area contributed by atoms with Gasteiger partial charge in [-0.15, -0.1) is 0 Å². The fourth-order valence-electron chi connectivity index (χ4n) is 2.55. The molecule has 0 saturated carbocycles. The Labute approximate surface area is 127 Å². The summed E-state index contributed by atoms with van der Waals surface area (Å²) in [5.74, 6) is -0.0124. The molecule has 0 bridgehead atoms. The second-order valence-electron chi connectivity index (χ2n) is 4.96. The Bertz CT molecular complexity index is 592. The Hall–Kier alpha value is -1.62. The maximum Gasteiger partial charge on any atom is 0.324 e. The van der Waals surface area contributed by atoms with Gasteiger partial charge >= 0.3 is 6.03 Å². The van der Waals surface area contributed by atoms with Crippen molar-refractivity contribution < 1.29 is 9.59 Å². The summed E-state index contributed by atoms with van der Waals surface area (Å²) in [6.07, 6.45) is 0. The second kappa shape index (κ2) is 5.40. The van der Waals surface area contributed by atoms with Crippen LogP contribution in [0, 0.1) is 0 Å². The van der Waals surface area contributed by atoms with Gasteiger partial charge in [0.05, 0.1) is 6.04 Å². The number of benzene rings is 1. The highest BCUT2D eigenvalue weighted by molar-refractivity contribution is 9.10. The van der Waals surface area contributed by atoms with Crippen LogP contribution in [0.2, 0.25) is 0 Å². The van der Waals surface area contributed by atoms with Crippen molar-refractivity contribution in [1.29, 1.82) is 0 Å². The van der Waals surface area contributed by atoms with Crippen LogP contribution in [-0.4, -0.2) is 35.7 Å². The molecule has 2 rings (SSSR count). The quantitative estimate of drug-likeness (QED) is 0.830. The van der Waals surface area contributed by atoms with Crippen LogP contribution in [0.15, 0.2) is 40.0 Å². The molecular formula is C15H17BrN2O2. The first kappa shape index (κ1) is 14.8. The molecule has 2 amide bonds. The van der Waals surface area contributed by atoms with E-state index in [1.807, 2.05) is 31.2 Å². The molecule has 1 atom stereocenters. The van der Waals surface area contributed by atoms with Gasteiger partial charge < -0.3 is 9.80 Å². The minimum atomic E-state index is -0.329. The van der Waals surface area contributed by atoms with Gasteiger partial charge in [0, 0.05) is 29.8 Å². The number of nitrogens with zero attached hydrogens (tertiary/aromatic N) is 2. The maximum atomic E-state index is 12.3. The lowest BCUT2D eigenvalue weighted by molar-refractivity contribution is -0.114. The van der Waals surface area contributed by atoms with E-state index < -0.39 is 0 Å². The van der Waals surface area contributed by atoms with Crippen molar-refractivity contribution in [2.45, 2.75) is 19.9 Å². The van der Waals surface area contributed by atoms with Gasteiger partial charge in [0.15, 0.2) is 5.78 Å².